The minimum absolute atomic E-state index is 0.317. The first-order valence-electron chi connectivity index (χ1n) is 12.5. The van der Waals surface area contributed by atoms with Crippen LogP contribution in [0.25, 0.3) is 0 Å². The van der Waals surface area contributed by atoms with E-state index in [2.05, 4.69) is 63.3 Å². The number of halogens is 1. The summed E-state index contributed by atoms with van der Waals surface area (Å²) in [6, 6.07) is 23.6. The fourth-order valence-corrected chi connectivity index (χ4v) is 6.02. The zero-order chi connectivity index (χ0) is 24.9. The molecule has 1 atom stereocenters. The van der Waals surface area contributed by atoms with Gasteiger partial charge in [-0.1, -0.05) is 53.7 Å². The van der Waals surface area contributed by atoms with Crippen LogP contribution in [0.1, 0.15) is 22.7 Å². The number of ether oxygens (including phenoxy) is 1. The molecule has 2 aliphatic heterocycles. The van der Waals surface area contributed by atoms with Crippen LogP contribution in [0.3, 0.4) is 0 Å². The zero-order valence-corrected chi connectivity index (χ0v) is 22.5. The molecule has 188 valence electrons. The monoisotopic (exact) mass is 520 g/mol. The molecule has 36 heavy (non-hydrogen) atoms. The summed E-state index contributed by atoms with van der Waals surface area (Å²) in [7, 11) is 4.10. The van der Waals surface area contributed by atoms with E-state index in [1.807, 2.05) is 50.3 Å². The first-order chi connectivity index (χ1) is 17.5. The molecule has 0 amide bonds. The van der Waals surface area contributed by atoms with Gasteiger partial charge in [0, 0.05) is 53.6 Å². The summed E-state index contributed by atoms with van der Waals surface area (Å²) in [5.41, 5.74) is 3.81. The number of hydrogen-bond acceptors (Lipinski definition) is 6. The van der Waals surface area contributed by atoms with Crippen LogP contribution < -0.4 is 4.74 Å². The summed E-state index contributed by atoms with van der Waals surface area (Å²) in [5.74, 6) is 0.884. The second-order valence-corrected chi connectivity index (χ2v) is 11.1. The van der Waals surface area contributed by atoms with Crippen LogP contribution in [-0.2, 0) is 6.42 Å². The van der Waals surface area contributed by atoms with E-state index < -0.39 is 0 Å². The third-order valence-electron chi connectivity index (χ3n) is 6.70. The molecule has 0 radical (unpaired) electrons. The smallest absolute Gasteiger partial charge is 0.120 e. The molecule has 0 N–H and O–H groups in total. The molecule has 5 rings (SSSR count). The first-order valence-corrected chi connectivity index (χ1v) is 13.7. The average Bonchev–Trinajstić information content (AvgIpc) is 3.04. The SMILES string of the molecule is CN(C)CCOc1cccc(/C=N/N2CCN([C@@H]3Cc4ccccc4Sc4ccc(Cl)cc43)CC2)c1. The Hall–Kier alpha value is -2.51. The summed E-state index contributed by atoms with van der Waals surface area (Å²) < 4.78 is 5.87. The fourth-order valence-electron chi connectivity index (χ4n) is 4.72. The van der Waals surface area contributed by atoms with Crippen molar-refractivity contribution in [1.29, 1.82) is 0 Å². The Bertz CT molecular complexity index is 1210. The third kappa shape index (κ3) is 6.24. The van der Waals surface area contributed by atoms with Crippen molar-refractivity contribution in [3.05, 3.63) is 88.4 Å². The maximum atomic E-state index is 6.45. The Morgan fingerprint density at radius 1 is 1.00 bits per heavy atom. The number of hydrazone groups is 1. The van der Waals surface area contributed by atoms with Gasteiger partial charge in [0.1, 0.15) is 12.4 Å². The number of hydrogen-bond donors (Lipinski definition) is 0. The molecular weight excluding hydrogens is 488 g/mol. The van der Waals surface area contributed by atoms with Gasteiger partial charge in [0.15, 0.2) is 0 Å². The molecule has 2 heterocycles. The highest BCUT2D eigenvalue weighted by atomic mass is 35.5. The molecule has 2 aliphatic rings. The van der Waals surface area contributed by atoms with Gasteiger partial charge in [0.25, 0.3) is 0 Å². The molecule has 1 saturated heterocycles. The van der Waals surface area contributed by atoms with Crippen molar-refractivity contribution < 1.29 is 4.74 Å². The van der Waals surface area contributed by atoms with Gasteiger partial charge in [-0.05, 0) is 73.6 Å². The van der Waals surface area contributed by atoms with Gasteiger partial charge < -0.3 is 9.64 Å². The van der Waals surface area contributed by atoms with Crippen LogP contribution in [0.2, 0.25) is 5.02 Å². The molecule has 0 aliphatic carbocycles. The third-order valence-corrected chi connectivity index (χ3v) is 8.15. The van der Waals surface area contributed by atoms with Gasteiger partial charge in [-0.2, -0.15) is 5.10 Å². The number of piperazine rings is 1. The molecule has 5 nitrogen and oxygen atoms in total. The maximum Gasteiger partial charge on any atom is 0.120 e. The minimum atomic E-state index is 0.317. The van der Waals surface area contributed by atoms with E-state index in [9.17, 15) is 0 Å². The zero-order valence-electron chi connectivity index (χ0n) is 20.9. The second-order valence-electron chi connectivity index (χ2n) is 9.57. The van der Waals surface area contributed by atoms with Gasteiger partial charge in [-0.15, -0.1) is 0 Å². The lowest BCUT2D eigenvalue weighted by molar-refractivity contribution is 0.0970. The fraction of sp³-hybridized carbons (Fsp3) is 0.345. The van der Waals surface area contributed by atoms with E-state index in [1.165, 1.54) is 20.9 Å². The van der Waals surface area contributed by atoms with Crippen molar-refractivity contribution in [3.63, 3.8) is 0 Å². The molecule has 0 unspecified atom stereocenters. The summed E-state index contributed by atoms with van der Waals surface area (Å²) in [6.07, 6.45) is 2.95. The lowest BCUT2D eigenvalue weighted by Gasteiger charge is -2.38. The highest BCUT2D eigenvalue weighted by molar-refractivity contribution is 7.99. The molecule has 3 aromatic rings. The number of nitrogens with zero attached hydrogens (tertiary/aromatic N) is 4. The van der Waals surface area contributed by atoms with E-state index in [0.29, 0.717) is 12.6 Å². The van der Waals surface area contributed by atoms with E-state index in [0.717, 1.165) is 55.5 Å². The Kier molecular flexibility index (Phi) is 8.17. The van der Waals surface area contributed by atoms with E-state index in [-0.39, 0.29) is 0 Å². The molecule has 3 aromatic carbocycles. The van der Waals surface area contributed by atoms with Crippen LogP contribution in [0.15, 0.2) is 81.6 Å². The molecule has 0 saturated carbocycles. The first kappa shape index (κ1) is 25.2. The molecule has 0 spiro atoms. The predicted molar refractivity (Wildman–Crippen MR) is 150 cm³/mol. The Morgan fingerprint density at radius 2 is 1.83 bits per heavy atom. The molecule has 7 heteroatoms. The highest BCUT2D eigenvalue weighted by Crippen LogP contribution is 2.43. The van der Waals surface area contributed by atoms with Crippen molar-refractivity contribution >= 4 is 29.6 Å². The van der Waals surface area contributed by atoms with Crippen LogP contribution >= 0.6 is 23.4 Å². The van der Waals surface area contributed by atoms with Crippen molar-refractivity contribution in [2.24, 2.45) is 5.10 Å². The minimum Gasteiger partial charge on any atom is -0.492 e. The summed E-state index contributed by atoms with van der Waals surface area (Å²) in [5, 5.41) is 7.77. The van der Waals surface area contributed by atoms with Crippen molar-refractivity contribution in [1.82, 2.24) is 14.8 Å². The normalized spacial score (nSPS) is 18.2. The second kappa shape index (κ2) is 11.7. The van der Waals surface area contributed by atoms with Gasteiger partial charge in [-0.25, -0.2) is 0 Å². The van der Waals surface area contributed by atoms with Gasteiger partial charge in [0.2, 0.25) is 0 Å². The van der Waals surface area contributed by atoms with E-state index in [4.69, 9.17) is 21.4 Å². The molecule has 0 aromatic heterocycles. The maximum absolute atomic E-state index is 6.45. The predicted octanol–water partition coefficient (Wildman–Crippen LogP) is 5.68. The summed E-state index contributed by atoms with van der Waals surface area (Å²) in [6.45, 7) is 5.30. The Morgan fingerprint density at radius 3 is 2.67 bits per heavy atom. The lowest BCUT2D eigenvalue weighted by atomic mass is 9.97. The standard InChI is InChI=1S/C29H33ClN4OS/c1-32(2)16-17-35-25-8-5-6-22(18-25)21-31-34-14-12-33(13-15-34)27-19-23-7-3-4-9-28(23)36-29-11-10-24(30)20-26(27)29/h3-11,18,20-21,27H,12-17,19H2,1-2H3/b31-21+/t27-/m1/s1. The van der Waals surface area contributed by atoms with Crippen molar-refractivity contribution in [2.75, 3.05) is 53.4 Å². The quantitative estimate of drug-likeness (QED) is 0.374. The van der Waals surface area contributed by atoms with Gasteiger partial charge in [-0.3, -0.25) is 9.91 Å². The Balaban J connectivity index is 1.24. The van der Waals surface area contributed by atoms with Gasteiger partial charge >= 0.3 is 0 Å². The Labute approximate surface area is 223 Å². The van der Waals surface area contributed by atoms with Gasteiger partial charge in [0.05, 0.1) is 6.21 Å². The largest absolute Gasteiger partial charge is 0.492 e. The van der Waals surface area contributed by atoms with Crippen LogP contribution in [0.4, 0.5) is 0 Å². The van der Waals surface area contributed by atoms with Crippen LogP contribution in [0, 0.1) is 0 Å². The highest BCUT2D eigenvalue weighted by Gasteiger charge is 2.30. The molecular formula is C29H33ClN4OS. The molecule has 0 bridgehead atoms. The number of likely N-dealkylation sites (N-methyl/N-ethyl adjacent to an activating group) is 1. The number of fused-ring (bicyclic) bond motifs is 2. The summed E-state index contributed by atoms with van der Waals surface area (Å²) in [4.78, 5) is 7.37. The lowest BCUT2D eigenvalue weighted by Crippen LogP contribution is -2.46. The number of rotatable bonds is 7. The van der Waals surface area contributed by atoms with Crippen LogP contribution in [-0.4, -0.2) is 74.4 Å². The van der Waals surface area contributed by atoms with Crippen LogP contribution in [0.5, 0.6) is 5.75 Å². The topological polar surface area (TPSA) is 31.3 Å². The van der Waals surface area contributed by atoms with Crippen molar-refractivity contribution in [3.8, 4) is 5.75 Å². The van der Waals surface area contributed by atoms with E-state index in [1.54, 1.807) is 0 Å². The van der Waals surface area contributed by atoms with Crippen molar-refractivity contribution in [2.45, 2.75) is 22.3 Å². The average molecular weight is 521 g/mol. The van der Waals surface area contributed by atoms with E-state index >= 15 is 0 Å². The molecule has 1 fully saturated rings. The number of benzene rings is 3. The summed E-state index contributed by atoms with van der Waals surface area (Å²) >= 11 is 8.32.